The second kappa shape index (κ2) is 8.66. The van der Waals surface area contributed by atoms with E-state index < -0.39 is 14.9 Å². The van der Waals surface area contributed by atoms with Crippen molar-refractivity contribution in [1.29, 1.82) is 0 Å². The fourth-order valence-electron chi connectivity index (χ4n) is 2.56. The quantitative estimate of drug-likeness (QED) is 0.315. The van der Waals surface area contributed by atoms with Gasteiger partial charge in [0, 0.05) is 12.1 Å². The van der Waals surface area contributed by atoms with Crippen LogP contribution >= 0.6 is 0 Å². The normalized spacial score (nSPS) is 11.4. The number of nitro groups is 1. The highest BCUT2D eigenvalue weighted by Gasteiger charge is 2.23. The molecule has 0 amide bonds. The van der Waals surface area contributed by atoms with Gasteiger partial charge in [0.05, 0.1) is 29.6 Å². The van der Waals surface area contributed by atoms with Crippen LogP contribution in [0.2, 0.25) is 0 Å². The van der Waals surface area contributed by atoms with Gasteiger partial charge in [0.2, 0.25) is 0 Å². The minimum Gasteiger partial charge on any atom is -0.495 e. The van der Waals surface area contributed by atoms with Gasteiger partial charge in [0.15, 0.2) is 0 Å². The summed E-state index contributed by atoms with van der Waals surface area (Å²) in [5.74, 6) is 1.45. The Hall–Kier alpha value is -3.86. The van der Waals surface area contributed by atoms with Crippen molar-refractivity contribution in [2.24, 2.45) is 5.10 Å². The third-order valence-electron chi connectivity index (χ3n) is 3.95. The third kappa shape index (κ3) is 4.75. The van der Waals surface area contributed by atoms with Crippen molar-refractivity contribution in [3.05, 3.63) is 76.2 Å². The number of hydrazone groups is 1. The van der Waals surface area contributed by atoms with Crippen molar-refractivity contribution in [2.45, 2.75) is 11.8 Å². The van der Waals surface area contributed by atoms with E-state index in [-0.39, 0.29) is 22.0 Å². The predicted octanol–water partition coefficient (Wildman–Crippen LogP) is 3.75. The van der Waals surface area contributed by atoms with E-state index in [0.717, 1.165) is 6.07 Å². The second-order valence-corrected chi connectivity index (χ2v) is 7.71. The summed E-state index contributed by atoms with van der Waals surface area (Å²) in [7, 11) is -2.82. The van der Waals surface area contributed by atoms with Crippen molar-refractivity contribution < 1.29 is 22.5 Å². The lowest BCUT2D eigenvalue weighted by Crippen LogP contribution is -2.15. The van der Waals surface area contributed by atoms with Crippen molar-refractivity contribution in [2.75, 3.05) is 17.3 Å². The van der Waals surface area contributed by atoms with E-state index in [1.54, 1.807) is 37.3 Å². The van der Waals surface area contributed by atoms with Gasteiger partial charge in [-0.2, -0.15) is 5.10 Å². The van der Waals surface area contributed by atoms with E-state index in [1.807, 2.05) is 0 Å². The number of benzene rings is 2. The van der Waals surface area contributed by atoms with Crippen LogP contribution in [0.1, 0.15) is 11.5 Å². The number of methoxy groups -OCH3 is 1. The van der Waals surface area contributed by atoms with Crippen LogP contribution in [0.15, 0.2) is 69.0 Å². The van der Waals surface area contributed by atoms with E-state index in [2.05, 4.69) is 15.2 Å². The number of para-hydroxylation sites is 2. The maximum atomic E-state index is 13.0. The van der Waals surface area contributed by atoms with Gasteiger partial charge in [-0.05, 0) is 37.3 Å². The minimum atomic E-state index is -4.22. The monoisotopic (exact) mass is 430 g/mol. The van der Waals surface area contributed by atoms with Crippen LogP contribution in [0.3, 0.4) is 0 Å². The molecule has 0 fully saturated rings. The molecule has 1 aromatic heterocycles. The summed E-state index contributed by atoms with van der Waals surface area (Å²) in [6.07, 6.45) is 1.36. The summed E-state index contributed by atoms with van der Waals surface area (Å²) in [6.45, 7) is 1.77. The molecule has 0 unspecified atom stereocenters. The third-order valence-corrected chi connectivity index (χ3v) is 5.36. The molecule has 0 aliphatic carbocycles. The number of nitrogens with one attached hydrogen (secondary N) is 2. The molecular formula is C19H18N4O6S. The van der Waals surface area contributed by atoms with Crippen LogP contribution in [0.4, 0.5) is 17.1 Å². The number of anilines is 2. The van der Waals surface area contributed by atoms with Crippen LogP contribution < -0.4 is 14.9 Å². The summed E-state index contributed by atoms with van der Waals surface area (Å²) < 4.78 is 38.9. The van der Waals surface area contributed by atoms with E-state index >= 15 is 0 Å². The number of ether oxygens (including phenoxy) is 1. The fourth-order valence-corrected chi connectivity index (χ4v) is 3.80. The number of non-ortho nitro benzene ring substituents is 1. The highest BCUT2D eigenvalue weighted by Crippen LogP contribution is 2.31. The number of rotatable bonds is 8. The molecule has 0 atom stereocenters. The SMILES string of the molecule is COc1ccccc1NS(=O)(=O)c1cc([N+](=O)[O-])ccc1N/N=C/c1ccc(C)o1. The largest absolute Gasteiger partial charge is 0.495 e. The number of hydrogen-bond donors (Lipinski definition) is 2. The molecule has 0 spiro atoms. The summed E-state index contributed by atoms with van der Waals surface area (Å²) in [5, 5.41) is 15.1. The average molecular weight is 430 g/mol. The zero-order chi connectivity index (χ0) is 21.7. The molecule has 0 aliphatic rings. The second-order valence-electron chi connectivity index (χ2n) is 6.06. The first kappa shape index (κ1) is 20.9. The lowest BCUT2D eigenvalue weighted by Gasteiger charge is -2.14. The predicted molar refractivity (Wildman–Crippen MR) is 112 cm³/mol. The summed E-state index contributed by atoms with van der Waals surface area (Å²) in [6, 6.07) is 13.2. The molecule has 3 aromatic rings. The highest BCUT2D eigenvalue weighted by atomic mass is 32.2. The number of sulfonamides is 1. The topological polar surface area (TPSA) is 136 Å². The maximum Gasteiger partial charge on any atom is 0.270 e. The molecule has 0 saturated heterocycles. The Labute approximate surface area is 172 Å². The Morgan fingerprint density at radius 1 is 1.13 bits per heavy atom. The zero-order valence-corrected chi connectivity index (χ0v) is 16.8. The molecule has 3 rings (SSSR count). The van der Waals surface area contributed by atoms with Crippen molar-refractivity contribution in [3.63, 3.8) is 0 Å². The minimum absolute atomic E-state index is 0.0440. The van der Waals surface area contributed by atoms with Crippen LogP contribution in [0.5, 0.6) is 5.75 Å². The van der Waals surface area contributed by atoms with Gasteiger partial charge in [-0.15, -0.1) is 0 Å². The standard InChI is InChI=1S/C19H18N4O6S/c1-13-7-9-15(29-13)12-20-21-17-10-8-14(23(24)25)11-19(17)30(26,27)22-16-5-3-4-6-18(16)28-2/h3-12,21-22H,1-2H3/b20-12+. The molecule has 1 heterocycles. The zero-order valence-electron chi connectivity index (χ0n) is 16.0. The summed E-state index contributed by atoms with van der Waals surface area (Å²) in [4.78, 5) is 10.1. The lowest BCUT2D eigenvalue weighted by atomic mass is 10.3. The molecule has 0 aliphatic heterocycles. The van der Waals surface area contributed by atoms with Crippen LogP contribution in [-0.2, 0) is 10.0 Å². The molecule has 11 heteroatoms. The van der Waals surface area contributed by atoms with Gasteiger partial charge in [-0.1, -0.05) is 12.1 Å². The van der Waals surface area contributed by atoms with E-state index in [0.29, 0.717) is 17.3 Å². The first-order chi connectivity index (χ1) is 14.3. The van der Waals surface area contributed by atoms with Crippen LogP contribution in [0, 0.1) is 17.0 Å². The Bertz CT molecular complexity index is 1200. The Morgan fingerprint density at radius 3 is 2.57 bits per heavy atom. The van der Waals surface area contributed by atoms with Crippen molar-refractivity contribution in [3.8, 4) is 5.75 Å². The molecule has 10 nitrogen and oxygen atoms in total. The van der Waals surface area contributed by atoms with E-state index in [1.165, 1.54) is 31.5 Å². The number of nitro benzene ring substituents is 1. The molecule has 2 N–H and O–H groups in total. The Kier molecular flexibility index (Phi) is 6.02. The molecule has 0 radical (unpaired) electrons. The highest BCUT2D eigenvalue weighted by molar-refractivity contribution is 7.93. The number of furan rings is 1. The van der Waals surface area contributed by atoms with Gasteiger partial charge in [0.1, 0.15) is 22.2 Å². The Morgan fingerprint density at radius 2 is 1.90 bits per heavy atom. The van der Waals surface area contributed by atoms with E-state index in [9.17, 15) is 18.5 Å². The van der Waals surface area contributed by atoms with Gasteiger partial charge in [-0.3, -0.25) is 20.3 Å². The average Bonchev–Trinajstić information content (AvgIpc) is 3.13. The number of hydrogen-bond acceptors (Lipinski definition) is 8. The van der Waals surface area contributed by atoms with Gasteiger partial charge in [-0.25, -0.2) is 8.42 Å². The molecular weight excluding hydrogens is 412 g/mol. The number of aryl methyl sites for hydroxylation is 1. The first-order valence-electron chi connectivity index (χ1n) is 8.60. The van der Waals surface area contributed by atoms with Crippen molar-refractivity contribution >= 4 is 33.3 Å². The lowest BCUT2D eigenvalue weighted by molar-refractivity contribution is -0.385. The molecule has 0 bridgehead atoms. The van der Waals surface area contributed by atoms with Gasteiger partial charge >= 0.3 is 0 Å². The molecule has 2 aromatic carbocycles. The molecule has 0 saturated carbocycles. The first-order valence-corrected chi connectivity index (χ1v) is 10.1. The fraction of sp³-hybridized carbons (Fsp3) is 0.105. The van der Waals surface area contributed by atoms with E-state index in [4.69, 9.17) is 9.15 Å². The summed E-state index contributed by atoms with van der Waals surface area (Å²) in [5.41, 5.74) is 2.44. The smallest absolute Gasteiger partial charge is 0.270 e. The van der Waals surface area contributed by atoms with Gasteiger partial charge in [0.25, 0.3) is 15.7 Å². The summed E-state index contributed by atoms with van der Waals surface area (Å²) >= 11 is 0. The number of nitrogens with zero attached hydrogens (tertiary/aromatic N) is 2. The molecule has 30 heavy (non-hydrogen) atoms. The van der Waals surface area contributed by atoms with Crippen molar-refractivity contribution in [1.82, 2.24) is 0 Å². The Balaban J connectivity index is 1.96. The maximum absolute atomic E-state index is 13.0. The van der Waals surface area contributed by atoms with Crippen LogP contribution in [-0.4, -0.2) is 26.7 Å². The van der Waals surface area contributed by atoms with Crippen LogP contribution in [0.25, 0.3) is 0 Å². The molecule has 156 valence electrons. The van der Waals surface area contributed by atoms with Gasteiger partial charge < -0.3 is 9.15 Å².